The molecule has 2 fully saturated rings. The molecule has 19 heavy (non-hydrogen) atoms. The largest absolute Gasteiger partial charge is 0.369 e. The van der Waals surface area contributed by atoms with Gasteiger partial charge in [-0.05, 0) is 12.8 Å². The molecular formula is C13H24N4O2. The topological polar surface area (TPSA) is 78.7 Å². The minimum atomic E-state index is -0.347. The van der Waals surface area contributed by atoms with Gasteiger partial charge in [-0.3, -0.25) is 14.5 Å². The van der Waals surface area contributed by atoms with Gasteiger partial charge in [-0.2, -0.15) is 0 Å². The second kappa shape index (κ2) is 6.86. The van der Waals surface area contributed by atoms with Crippen molar-refractivity contribution < 1.29 is 9.59 Å². The number of hydrogen-bond donors (Lipinski definition) is 2. The van der Waals surface area contributed by atoms with Crippen LogP contribution in [0.5, 0.6) is 0 Å². The van der Waals surface area contributed by atoms with Crippen molar-refractivity contribution in [3.8, 4) is 0 Å². The quantitative estimate of drug-likeness (QED) is 0.681. The van der Waals surface area contributed by atoms with Crippen LogP contribution in [0.25, 0.3) is 0 Å². The van der Waals surface area contributed by atoms with E-state index in [0.29, 0.717) is 12.6 Å². The van der Waals surface area contributed by atoms with E-state index in [9.17, 15) is 9.59 Å². The van der Waals surface area contributed by atoms with Gasteiger partial charge in [0.25, 0.3) is 0 Å². The molecule has 6 nitrogen and oxygen atoms in total. The minimum absolute atomic E-state index is 0.120. The zero-order chi connectivity index (χ0) is 13.7. The third-order valence-electron chi connectivity index (χ3n) is 4.01. The summed E-state index contributed by atoms with van der Waals surface area (Å²) in [5.41, 5.74) is 5.30. The second-order valence-electron chi connectivity index (χ2n) is 5.44. The van der Waals surface area contributed by atoms with Crippen LogP contribution in [-0.4, -0.2) is 66.9 Å². The van der Waals surface area contributed by atoms with Gasteiger partial charge in [-0.25, -0.2) is 0 Å². The van der Waals surface area contributed by atoms with Crippen LogP contribution in [0.3, 0.4) is 0 Å². The summed E-state index contributed by atoms with van der Waals surface area (Å²) in [4.78, 5) is 27.3. The highest BCUT2D eigenvalue weighted by molar-refractivity contribution is 5.80. The van der Waals surface area contributed by atoms with Crippen molar-refractivity contribution in [1.29, 1.82) is 0 Å². The van der Waals surface area contributed by atoms with Gasteiger partial charge in [-0.15, -0.1) is 0 Å². The summed E-state index contributed by atoms with van der Waals surface area (Å²) >= 11 is 0. The first kappa shape index (κ1) is 14.3. The normalized spacial score (nSPS) is 21.0. The molecule has 1 saturated heterocycles. The summed E-state index contributed by atoms with van der Waals surface area (Å²) in [5, 5.41) is 3.23. The maximum atomic E-state index is 12.3. The second-order valence-corrected chi connectivity index (χ2v) is 5.44. The third kappa shape index (κ3) is 4.18. The van der Waals surface area contributed by atoms with Gasteiger partial charge in [0.2, 0.25) is 11.8 Å². The van der Waals surface area contributed by atoms with E-state index in [-0.39, 0.29) is 18.4 Å². The molecular weight excluding hydrogens is 244 g/mol. The SMILES string of the molecule is NC(=O)CN(CC(=O)N1CCNCC1)C1CCCC1. The molecule has 1 aliphatic heterocycles. The van der Waals surface area contributed by atoms with E-state index >= 15 is 0 Å². The highest BCUT2D eigenvalue weighted by atomic mass is 16.2. The lowest BCUT2D eigenvalue weighted by atomic mass is 10.2. The molecule has 3 N–H and O–H groups in total. The number of nitrogens with zero attached hydrogens (tertiary/aromatic N) is 2. The molecule has 108 valence electrons. The maximum absolute atomic E-state index is 12.3. The van der Waals surface area contributed by atoms with Crippen molar-refractivity contribution in [1.82, 2.24) is 15.1 Å². The lowest BCUT2D eigenvalue weighted by Crippen LogP contribution is -2.51. The molecule has 0 unspecified atom stereocenters. The Hall–Kier alpha value is -1.14. The van der Waals surface area contributed by atoms with Crippen LogP contribution in [-0.2, 0) is 9.59 Å². The highest BCUT2D eigenvalue weighted by Crippen LogP contribution is 2.23. The number of piperazine rings is 1. The van der Waals surface area contributed by atoms with E-state index < -0.39 is 0 Å². The number of amides is 2. The van der Waals surface area contributed by atoms with Crippen molar-refractivity contribution >= 4 is 11.8 Å². The number of hydrogen-bond acceptors (Lipinski definition) is 4. The lowest BCUT2D eigenvalue weighted by molar-refractivity contribution is -0.134. The average Bonchev–Trinajstić information content (AvgIpc) is 2.92. The molecule has 0 aromatic rings. The number of nitrogens with two attached hydrogens (primary N) is 1. The van der Waals surface area contributed by atoms with Gasteiger partial charge < -0.3 is 16.0 Å². The molecule has 0 spiro atoms. The van der Waals surface area contributed by atoms with Gasteiger partial charge in [0.1, 0.15) is 0 Å². The first-order valence-electron chi connectivity index (χ1n) is 7.17. The molecule has 0 aromatic carbocycles. The molecule has 6 heteroatoms. The predicted octanol–water partition coefficient (Wildman–Crippen LogP) is -0.852. The van der Waals surface area contributed by atoms with E-state index in [1.165, 1.54) is 12.8 Å². The Bertz CT molecular complexity index is 323. The van der Waals surface area contributed by atoms with Crippen LogP contribution in [0, 0.1) is 0 Å². The Morgan fingerprint density at radius 2 is 1.79 bits per heavy atom. The standard InChI is InChI=1S/C13H24N4O2/c14-12(18)9-17(11-3-1-2-4-11)10-13(19)16-7-5-15-6-8-16/h11,15H,1-10H2,(H2,14,18). The molecule has 2 amide bonds. The maximum Gasteiger partial charge on any atom is 0.236 e. The Balaban J connectivity index is 1.90. The Morgan fingerprint density at radius 1 is 1.16 bits per heavy atom. The Morgan fingerprint density at radius 3 is 2.37 bits per heavy atom. The Kier molecular flexibility index (Phi) is 5.15. The van der Waals surface area contributed by atoms with Crippen LogP contribution in [0.4, 0.5) is 0 Å². The number of nitrogens with one attached hydrogen (secondary N) is 1. The minimum Gasteiger partial charge on any atom is -0.369 e. The van der Waals surface area contributed by atoms with Crippen LogP contribution in [0.2, 0.25) is 0 Å². The van der Waals surface area contributed by atoms with Gasteiger partial charge in [0.15, 0.2) is 0 Å². The van der Waals surface area contributed by atoms with E-state index in [0.717, 1.165) is 39.0 Å². The Labute approximate surface area is 114 Å². The molecule has 0 bridgehead atoms. The summed E-state index contributed by atoms with van der Waals surface area (Å²) in [5.74, 6) is -0.227. The average molecular weight is 268 g/mol. The van der Waals surface area contributed by atoms with E-state index in [1.807, 2.05) is 9.80 Å². The van der Waals surface area contributed by atoms with E-state index in [2.05, 4.69) is 5.32 Å². The van der Waals surface area contributed by atoms with Crippen LogP contribution >= 0.6 is 0 Å². The predicted molar refractivity (Wildman–Crippen MR) is 72.5 cm³/mol. The van der Waals surface area contributed by atoms with Gasteiger partial charge >= 0.3 is 0 Å². The zero-order valence-electron chi connectivity index (χ0n) is 11.4. The van der Waals surface area contributed by atoms with Crippen molar-refractivity contribution in [2.24, 2.45) is 5.73 Å². The van der Waals surface area contributed by atoms with E-state index in [1.54, 1.807) is 0 Å². The van der Waals surface area contributed by atoms with Crippen molar-refractivity contribution in [3.05, 3.63) is 0 Å². The van der Waals surface area contributed by atoms with Crippen LogP contribution in [0.1, 0.15) is 25.7 Å². The lowest BCUT2D eigenvalue weighted by Gasteiger charge is -2.32. The smallest absolute Gasteiger partial charge is 0.236 e. The van der Waals surface area contributed by atoms with Crippen LogP contribution < -0.4 is 11.1 Å². The molecule has 0 aromatic heterocycles. The third-order valence-corrected chi connectivity index (χ3v) is 4.01. The number of rotatable bonds is 5. The molecule has 2 aliphatic rings. The summed E-state index contributed by atoms with van der Waals surface area (Å²) < 4.78 is 0. The molecule has 0 atom stereocenters. The summed E-state index contributed by atoms with van der Waals surface area (Å²) in [7, 11) is 0. The molecule has 2 rings (SSSR count). The van der Waals surface area contributed by atoms with Gasteiger partial charge in [0, 0.05) is 32.2 Å². The van der Waals surface area contributed by atoms with Crippen molar-refractivity contribution in [2.45, 2.75) is 31.7 Å². The van der Waals surface area contributed by atoms with Crippen molar-refractivity contribution in [3.63, 3.8) is 0 Å². The fourth-order valence-electron chi connectivity index (χ4n) is 2.97. The fourth-order valence-corrected chi connectivity index (χ4v) is 2.97. The number of primary amides is 1. The van der Waals surface area contributed by atoms with Gasteiger partial charge in [-0.1, -0.05) is 12.8 Å². The first-order chi connectivity index (χ1) is 9.16. The zero-order valence-corrected chi connectivity index (χ0v) is 11.4. The summed E-state index contributed by atoms with van der Waals surface area (Å²) in [6, 6.07) is 0.347. The summed E-state index contributed by atoms with van der Waals surface area (Å²) in [6.45, 7) is 3.74. The number of carbonyl (C=O) groups excluding carboxylic acids is 2. The molecule has 1 heterocycles. The van der Waals surface area contributed by atoms with E-state index in [4.69, 9.17) is 5.73 Å². The molecule has 1 saturated carbocycles. The summed E-state index contributed by atoms with van der Waals surface area (Å²) in [6.07, 6.45) is 4.51. The first-order valence-corrected chi connectivity index (χ1v) is 7.17. The molecule has 0 radical (unpaired) electrons. The van der Waals surface area contributed by atoms with Crippen molar-refractivity contribution in [2.75, 3.05) is 39.3 Å². The van der Waals surface area contributed by atoms with Gasteiger partial charge in [0.05, 0.1) is 13.1 Å². The molecule has 1 aliphatic carbocycles. The number of carbonyl (C=O) groups is 2. The van der Waals surface area contributed by atoms with Crippen LogP contribution in [0.15, 0.2) is 0 Å². The fraction of sp³-hybridized carbons (Fsp3) is 0.846. The monoisotopic (exact) mass is 268 g/mol. The highest BCUT2D eigenvalue weighted by Gasteiger charge is 2.27.